The normalized spacial score (nSPS) is 9.80. The second-order valence-electron chi connectivity index (χ2n) is 1.67. The Kier molecular flexibility index (Phi) is 1.62. The third kappa shape index (κ3) is 1.10. The van der Waals surface area contributed by atoms with E-state index in [-0.39, 0.29) is 5.16 Å². The molecule has 1 rings (SSSR count). The van der Waals surface area contributed by atoms with E-state index >= 15 is 0 Å². The molecule has 1 heterocycles. The number of nitrogens with zero attached hydrogens (tertiary/aromatic N) is 3. The van der Waals surface area contributed by atoms with E-state index in [2.05, 4.69) is 22.6 Å². The van der Waals surface area contributed by atoms with Gasteiger partial charge < -0.3 is 5.11 Å². The van der Waals surface area contributed by atoms with Gasteiger partial charge in [-0.2, -0.15) is 4.98 Å². The third-order valence-electron chi connectivity index (χ3n) is 0.983. The van der Waals surface area contributed by atoms with Crippen molar-refractivity contribution in [1.82, 2.24) is 14.5 Å². The van der Waals surface area contributed by atoms with Gasteiger partial charge >= 0.3 is 11.7 Å². The zero-order chi connectivity index (χ0) is 7.72. The van der Waals surface area contributed by atoms with Crippen molar-refractivity contribution >= 4 is 12.6 Å². The summed E-state index contributed by atoms with van der Waals surface area (Å²) in [5.41, 5.74) is -0.572. The van der Waals surface area contributed by atoms with Gasteiger partial charge in [0.2, 0.25) is 0 Å². The van der Waals surface area contributed by atoms with Gasteiger partial charge in [0, 0.05) is 7.05 Å². The first-order valence-corrected chi connectivity index (χ1v) is 2.89. The summed E-state index contributed by atoms with van der Waals surface area (Å²) in [4.78, 5) is 17.2. The van der Waals surface area contributed by atoms with Crippen LogP contribution in [0.1, 0.15) is 0 Å². The molecule has 5 nitrogen and oxygen atoms in total. The second kappa shape index (κ2) is 2.30. The number of hydrogen-bond donors (Lipinski definition) is 2. The van der Waals surface area contributed by atoms with Crippen molar-refractivity contribution in [2.24, 2.45) is 7.05 Å². The van der Waals surface area contributed by atoms with Crippen LogP contribution in [0.15, 0.2) is 9.95 Å². The molecule has 1 aromatic heterocycles. The topological polar surface area (TPSA) is 68.0 Å². The Hall–Kier alpha value is -1.04. The van der Waals surface area contributed by atoms with Gasteiger partial charge in [-0.25, -0.2) is 4.79 Å². The van der Waals surface area contributed by atoms with Crippen LogP contribution in [0.25, 0.3) is 0 Å². The SMILES string of the molecule is Cn1c(S)nc(O)nc1=O. The van der Waals surface area contributed by atoms with Crippen LogP contribution in [0.5, 0.6) is 6.01 Å². The Labute approximate surface area is 61.8 Å². The van der Waals surface area contributed by atoms with E-state index in [4.69, 9.17) is 5.11 Å². The van der Waals surface area contributed by atoms with Gasteiger partial charge in [0.25, 0.3) is 0 Å². The molecule has 1 aromatic rings. The van der Waals surface area contributed by atoms with Crippen molar-refractivity contribution in [1.29, 1.82) is 0 Å². The summed E-state index contributed by atoms with van der Waals surface area (Å²) in [5, 5.41) is 8.77. The van der Waals surface area contributed by atoms with Crippen LogP contribution in [0.4, 0.5) is 0 Å². The van der Waals surface area contributed by atoms with Crippen LogP contribution in [-0.4, -0.2) is 19.6 Å². The third-order valence-corrected chi connectivity index (χ3v) is 1.38. The minimum Gasteiger partial charge on any atom is -0.479 e. The average molecular weight is 159 g/mol. The molecule has 0 aliphatic carbocycles. The first-order chi connectivity index (χ1) is 4.61. The van der Waals surface area contributed by atoms with E-state index in [1.165, 1.54) is 7.05 Å². The average Bonchev–Trinajstić information content (AvgIpc) is 1.82. The Morgan fingerprint density at radius 1 is 1.60 bits per heavy atom. The standard InChI is InChI=1S/C4H5N3O2S/c1-7-3(9)5-2(8)6-4(7)10/h1H3,(H2,5,6,8,9,10). The molecular formula is C4H5N3O2S. The van der Waals surface area contributed by atoms with Crippen LogP contribution in [-0.2, 0) is 7.05 Å². The highest BCUT2D eigenvalue weighted by molar-refractivity contribution is 7.80. The zero-order valence-corrected chi connectivity index (χ0v) is 6.04. The predicted molar refractivity (Wildman–Crippen MR) is 36.2 cm³/mol. The van der Waals surface area contributed by atoms with Gasteiger partial charge in [-0.15, -0.1) is 17.6 Å². The first-order valence-electron chi connectivity index (χ1n) is 2.44. The molecular weight excluding hydrogens is 154 g/mol. The molecule has 0 unspecified atom stereocenters. The molecule has 0 aliphatic rings. The molecule has 10 heavy (non-hydrogen) atoms. The minimum atomic E-state index is -0.572. The molecule has 1 N–H and O–H groups in total. The Balaban J connectivity index is 3.46. The van der Waals surface area contributed by atoms with Crippen molar-refractivity contribution in [3.63, 3.8) is 0 Å². The summed E-state index contributed by atoms with van der Waals surface area (Å²) >= 11 is 3.79. The molecule has 54 valence electrons. The summed E-state index contributed by atoms with van der Waals surface area (Å²) in [6, 6.07) is -0.548. The maximum absolute atomic E-state index is 10.7. The number of aromatic nitrogens is 3. The largest absolute Gasteiger partial charge is 0.479 e. The molecule has 0 amide bonds. The Morgan fingerprint density at radius 2 is 2.20 bits per heavy atom. The lowest BCUT2D eigenvalue weighted by atomic mass is 10.9. The fourth-order valence-corrected chi connectivity index (χ4v) is 0.611. The van der Waals surface area contributed by atoms with E-state index < -0.39 is 11.7 Å². The molecule has 0 bridgehead atoms. The van der Waals surface area contributed by atoms with E-state index in [0.29, 0.717) is 0 Å². The molecule has 0 spiro atoms. The van der Waals surface area contributed by atoms with Crippen LogP contribution in [0.2, 0.25) is 0 Å². The van der Waals surface area contributed by atoms with Crippen LogP contribution < -0.4 is 5.69 Å². The molecule has 0 atom stereocenters. The summed E-state index contributed by atoms with van der Waals surface area (Å²) in [7, 11) is 1.46. The number of thiol groups is 1. The molecule has 6 heteroatoms. The smallest absolute Gasteiger partial charge is 0.353 e. The Bertz CT molecular complexity index is 308. The molecule has 0 aliphatic heterocycles. The lowest BCUT2D eigenvalue weighted by molar-refractivity contribution is 0.408. The van der Waals surface area contributed by atoms with Crippen molar-refractivity contribution in [2.45, 2.75) is 5.16 Å². The lowest BCUT2D eigenvalue weighted by Crippen LogP contribution is -2.21. The van der Waals surface area contributed by atoms with E-state index in [9.17, 15) is 4.79 Å². The Morgan fingerprint density at radius 3 is 2.70 bits per heavy atom. The quantitative estimate of drug-likeness (QED) is 0.485. The first kappa shape index (κ1) is 7.07. The highest BCUT2D eigenvalue weighted by atomic mass is 32.1. The van der Waals surface area contributed by atoms with Gasteiger partial charge in [0.15, 0.2) is 5.16 Å². The van der Waals surface area contributed by atoms with Crippen molar-refractivity contribution in [2.75, 3.05) is 0 Å². The number of hydrogen-bond acceptors (Lipinski definition) is 5. The number of rotatable bonds is 0. The number of aromatic hydroxyl groups is 1. The highest BCUT2D eigenvalue weighted by Crippen LogP contribution is 1.99. The lowest BCUT2D eigenvalue weighted by Gasteiger charge is -1.97. The minimum absolute atomic E-state index is 0.137. The van der Waals surface area contributed by atoms with Crippen LogP contribution in [0.3, 0.4) is 0 Å². The second-order valence-corrected chi connectivity index (χ2v) is 2.07. The van der Waals surface area contributed by atoms with Crippen molar-refractivity contribution < 1.29 is 5.11 Å². The summed E-state index contributed by atoms with van der Waals surface area (Å²) in [6.07, 6.45) is 0. The monoisotopic (exact) mass is 159 g/mol. The zero-order valence-electron chi connectivity index (χ0n) is 5.14. The summed E-state index contributed by atoms with van der Waals surface area (Å²) in [5.74, 6) is 0. The molecule has 0 saturated carbocycles. The van der Waals surface area contributed by atoms with Crippen LogP contribution in [0, 0.1) is 0 Å². The van der Waals surface area contributed by atoms with E-state index in [1.54, 1.807) is 0 Å². The van der Waals surface area contributed by atoms with Gasteiger partial charge in [-0.3, -0.25) is 4.57 Å². The van der Waals surface area contributed by atoms with Crippen molar-refractivity contribution in [3.05, 3.63) is 10.5 Å². The summed E-state index contributed by atoms with van der Waals surface area (Å²) in [6.45, 7) is 0. The predicted octanol–water partition coefficient (Wildman–Crippen LogP) is -0.830. The fraction of sp³-hybridized carbons (Fsp3) is 0.250. The highest BCUT2D eigenvalue weighted by Gasteiger charge is 1.99. The summed E-state index contributed by atoms with van der Waals surface area (Å²) < 4.78 is 1.11. The maximum atomic E-state index is 10.7. The van der Waals surface area contributed by atoms with E-state index in [0.717, 1.165) is 4.57 Å². The van der Waals surface area contributed by atoms with Gasteiger partial charge in [-0.05, 0) is 0 Å². The molecule has 0 saturated heterocycles. The van der Waals surface area contributed by atoms with E-state index in [1.807, 2.05) is 0 Å². The molecule has 0 aromatic carbocycles. The van der Waals surface area contributed by atoms with Gasteiger partial charge in [0.05, 0.1) is 0 Å². The van der Waals surface area contributed by atoms with Gasteiger partial charge in [-0.1, -0.05) is 0 Å². The molecule has 0 radical (unpaired) electrons. The van der Waals surface area contributed by atoms with Crippen LogP contribution >= 0.6 is 12.6 Å². The maximum Gasteiger partial charge on any atom is 0.353 e. The van der Waals surface area contributed by atoms with Gasteiger partial charge in [0.1, 0.15) is 0 Å². The molecule has 0 fully saturated rings. The van der Waals surface area contributed by atoms with Crippen molar-refractivity contribution in [3.8, 4) is 6.01 Å². The fourth-order valence-electron chi connectivity index (χ4n) is 0.436.